The van der Waals surface area contributed by atoms with Crippen LogP contribution in [0, 0.1) is 5.92 Å². The van der Waals surface area contributed by atoms with E-state index in [1.165, 1.54) is 12.8 Å². The van der Waals surface area contributed by atoms with Crippen LogP contribution >= 0.6 is 0 Å². The Labute approximate surface area is 107 Å². The zero-order valence-electron chi connectivity index (χ0n) is 10.1. The molecule has 0 spiro atoms. The van der Waals surface area contributed by atoms with E-state index in [4.69, 9.17) is 0 Å². The van der Waals surface area contributed by atoms with E-state index in [2.05, 4.69) is 20.2 Å². The fourth-order valence-corrected chi connectivity index (χ4v) is 3.06. The first-order valence-corrected chi connectivity index (χ1v) is 7.89. The summed E-state index contributed by atoms with van der Waals surface area (Å²) in [4.78, 5) is 0. The van der Waals surface area contributed by atoms with Gasteiger partial charge < -0.3 is 5.32 Å². The van der Waals surface area contributed by atoms with E-state index in [0.29, 0.717) is 30.6 Å². The Morgan fingerprint density at radius 1 is 1.33 bits per heavy atom. The number of hydrogen-bond acceptors (Lipinski definition) is 4. The lowest BCUT2D eigenvalue weighted by molar-refractivity contribution is 0.570. The van der Waals surface area contributed by atoms with E-state index in [-0.39, 0.29) is 5.03 Å². The van der Waals surface area contributed by atoms with Crippen LogP contribution in [0.5, 0.6) is 0 Å². The van der Waals surface area contributed by atoms with E-state index < -0.39 is 10.0 Å². The normalized spacial score (nSPS) is 20.2. The Bertz CT molecular complexity index is 517. The van der Waals surface area contributed by atoms with Gasteiger partial charge in [0.2, 0.25) is 0 Å². The van der Waals surface area contributed by atoms with Crippen molar-refractivity contribution in [3.05, 3.63) is 11.8 Å². The quantitative estimate of drug-likeness (QED) is 0.667. The molecule has 3 N–H and O–H groups in total. The topological polar surface area (TPSA) is 86.9 Å². The molecule has 1 aromatic rings. The standard InChI is InChI=1S/C11H18N4O2S/c16-18(17,14-5-8-1-2-8)11-9(7-13-15-11)6-12-10-3-4-10/h7-8,10,12,14H,1-6H2,(H,13,15). The average Bonchev–Trinajstić information content (AvgIpc) is 3.24. The fraction of sp³-hybridized carbons (Fsp3) is 0.727. The van der Waals surface area contributed by atoms with Crippen LogP contribution in [0.2, 0.25) is 0 Å². The van der Waals surface area contributed by atoms with Crippen molar-refractivity contribution >= 4 is 10.0 Å². The molecule has 6 nitrogen and oxygen atoms in total. The van der Waals surface area contributed by atoms with Gasteiger partial charge in [-0.1, -0.05) is 0 Å². The van der Waals surface area contributed by atoms with Crippen LogP contribution in [0.15, 0.2) is 11.2 Å². The third-order valence-electron chi connectivity index (χ3n) is 3.36. The van der Waals surface area contributed by atoms with Crippen molar-refractivity contribution in [2.75, 3.05) is 6.54 Å². The average molecular weight is 270 g/mol. The molecule has 1 aromatic heterocycles. The van der Waals surface area contributed by atoms with Gasteiger partial charge in [0.1, 0.15) is 0 Å². The van der Waals surface area contributed by atoms with Gasteiger partial charge in [0.25, 0.3) is 10.0 Å². The molecule has 2 aliphatic rings. The minimum absolute atomic E-state index is 0.205. The Morgan fingerprint density at radius 2 is 2.11 bits per heavy atom. The van der Waals surface area contributed by atoms with Crippen molar-refractivity contribution < 1.29 is 8.42 Å². The van der Waals surface area contributed by atoms with Crippen LogP contribution in [0.3, 0.4) is 0 Å². The van der Waals surface area contributed by atoms with Gasteiger partial charge in [-0.2, -0.15) is 5.10 Å². The zero-order valence-corrected chi connectivity index (χ0v) is 11.0. The second-order valence-electron chi connectivity index (χ2n) is 5.17. The predicted molar refractivity (Wildman–Crippen MR) is 66.4 cm³/mol. The van der Waals surface area contributed by atoms with E-state index >= 15 is 0 Å². The van der Waals surface area contributed by atoms with Gasteiger partial charge in [0.05, 0.1) is 6.20 Å². The number of aromatic nitrogens is 2. The Hall–Kier alpha value is -0.920. The van der Waals surface area contributed by atoms with Crippen molar-refractivity contribution in [1.29, 1.82) is 0 Å². The maximum atomic E-state index is 12.1. The smallest absolute Gasteiger partial charge is 0.257 e. The van der Waals surface area contributed by atoms with Gasteiger partial charge in [-0.15, -0.1) is 0 Å². The van der Waals surface area contributed by atoms with Crippen LogP contribution in [-0.2, 0) is 16.6 Å². The maximum Gasteiger partial charge on any atom is 0.257 e. The summed E-state index contributed by atoms with van der Waals surface area (Å²) in [6, 6.07) is 0.551. The SMILES string of the molecule is O=S(=O)(NCC1CC1)c1[nH]ncc1CNC1CC1. The van der Waals surface area contributed by atoms with E-state index in [9.17, 15) is 8.42 Å². The summed E-state index contributed by atoms with van der Waals surface area (Å²) in [7, 11) is -3.44. The zero-order chi connectivity index (χ0) is 12.6. The van der Waals surface area contributed by atoms with Crippen molar-refractivity contribution in [3.63, 3.8) is 0 Å². The van der Waals surface area contributed by atoms with Crippen LogP contribution in [0.4, 0.5) is 0 Å². The summed E-state index contributed by atoms with van der Waals surface area (Å²) in [6.45, 7) is 1.09. The minimum Gasteiger partial charge on any atom is -0.310 e. The Balaban J connectivity index is 1.66. The predicted octanol–water partition coefficient (Wildman–Crippen LogP) is 0.350. The Morgan fingerprint density at radius 3 is 2.78 bits per heavy atom. The molecule has 2 saturated carbocycles. The molecule has 2 aliphatic carbocycles. The van der Waals surface area contributed by atoms with Gasteiger partial charge >= 0.3 is 0 Å². The van der Waals surface area contributed by atoms with Gasteiger partial charge in [-0.3, -0.25) is 5.10 Å². The molecule has 0 saturated heterocycles. The summed E-state index contributed by atoms with van der Waals surface area (Å²) in [5, 5.41) is 9.94. The van der Waals surface area contributed by atoms with Crippen LogP contribution in [0.25, 0.3) is 0 Å². The third kappa shape index (κ3) is 2.90. The lowest BCUT2D eigenvalue weighted by Gasteiger charge is -2.07. The molecule has 0 radical (unpaired) electrons. The number of H-pyrrole nitrogens is 1. The molecule has 3 rings (SSSR count). The van der Waals surface area contributed by atoms with Crippen molar-refractivity contribution in [3.8, 4) is 0 Å². The van der Waals surface area contributed by atoms with Crippen molar-refractivity contribution in [1.82, 2.24) is 20.2 Å². The summed E-state index contributed by atoms with van der Waals surface area (Å²) in [5.41, 5.74) is 0.713. The number of rotatable bonds is 7. The highest BCUT2D eigenvalue weighted by molar-refractivity contribution is 7.89. The molecular weight excluding hydrogens is 252 g/mol. The van der Waals surface area contributed by atoms with Gasteiger partial charge in [-0.05, 0) is 31.6 Å². The summed E-state index contributed by atoms with van der Waals surface area (Å²) < 4.78 is 26.8. The highest BCUT2D eigenvalue weighted by Gasteiger charge is 2.27. The second kappa shape index (κ2) is 4.64. The molecular formula is C11H18N4O2S. The molecule has 0 aromatic carbocycles. The van der Waals surface area contributed by atoms with Crippen LogP contribution < -0.4 is 10.0 Å². The number of hydrogen-bond donors (Lipinski definition) is 3. The third-order valence-corrected chi connectivity index (χ3v) is 4.80. The first-order chi connectivity index (χ1) is 8.65. The highest BCUT2D eigenvalue weighted by atomic mass is 32.2. The molecule has 0 bridgehead atoms. The van der Waals surface area contributed by atoms with Crippen molar-refractivity contribution in [2.45, 2.75) is 43.3 Å². The van der Waals surface area contributed by atoms with Crippen LogP contribution in [-0.4, -0.2) is 31.2 Å². The van der Waals surface area contributed by atoms with Crippen LogP contribution in [0.1, 0.15) is 31.2 Å². The molecule has 0 atom stereocenters. The summed E-state index contributed by atoms with van der Waals surface area (Å²) >= 11 is 0. The van der Waals surface area contributed by atoms with Gasteiger partial charge in [0, 0.05) is 24.7 Å². The molecule has 18 heavy (non-hydrogen) atoms. The van der Waals surface area contributed by atoms with E-state index in [0.717, 1.165) is 12.8 Å². The fourth-order valence-electron chi connectivity index (χ4n) is 1.82. The molecule has 0 amide bonds. The summed E-state index contributed by atoms with van der Waals surface area (Å²) in [6.07, 6.45) is 6.20. The van der Waals surface area contributed by atoms with E-state index in [1.54, 1.807) is 6.20 Å². The largest absolute Gasteiger partial charge is 0.310 e. The first-order valence-electron chi connectivity index (χ1n) is 6.40. The first kappa shape index (κ1) is 12.1. The van der Waals surface area contributed by atoms with Gasteiger partial charge in [-0.25, -0.2) is 13.1 Å². The minimum atomic E-state index is -3.44. The Kier molecular flexibility index (Phi) is 3.13. The molecule has 0 unspecified atom stereocenters. The molecule has 0 aliphatic heterocycles. The number of sulfonamides is 1. The molecule has 100 valence electrons. The maximum absolute atomic E-state index is 12.1. The van der Waals surface area contributed by atoms with Crippen molar-refractivity contribution in [2.24, 2.45) is 5.92 Å². The van der Waals surface area contributed by atoms with E-state index in [1.807, 2.05) is 0 Å². The lowest BCUT2D eigenvalue weighted by Crippen LogP contribution is -2.28. The monoisotopic (exact) mass is 270 g/mol. The molecule has 1 heterocycles. The molecule has 2 fully saturated rings. The lowest BCUT2D eigenvalue weighted by atomic mass is 10.3. The number of aromatic amines is 1. The second-order valence-corrected chi connectivity index (χ2v) is 6.88. The highest BCUT2D eigenvalue weighted by Crippen LogP contribution is 2.28. The molecule has 7 heteroatoms. The van der Waals surface area contributed by atoms with Gasteiger partial charge in [0.15, 0.2) is 5.03 Å². The summed E-state index contributed by atoms with van der Waals surface area (Å²) in [5.74, 6) is 0.524. The number of nitrogens with one attached hydrogen (secondary N) is 3. The number of nitrogens with zero attached hydrogens (tertiary/aromatic N) is 1.